The number of aryl methyl sites for hydroxylation is 1. The highest BCUT2D eigenvalue weighted by Gasteiger charge is 2.27. The lowest BCUT2D eigenvalue weighted by atomic mass is 10.3. The van der Waals surface area contributed by atoms with E-state index in [0.29, 0.717) is 19.0 Å². The van der Waals surface area contributed by atoms with Crippen LogP contribution in [0.4, 0.5) is 18.3 Å². The Hall–Kier alpha value is -0.850. The predicted octanol–water partition coefficient (Wildman–Crippen LogP) is 2.37. The molecule has 0 spiro atoms. The number of guanidine groups is 1. The van der Waals surface area contributed by atoms with Crippen molar-refractivity contribution in [3.63, 3.8) is 0 Å². The van der Waals surface area contributed by atoms with E-state index in [2.05, 4.69) is 24.6 Å². The lowest BCUT2D eigenvalue weighted by Crippen LogP contribution is -2.52. The maximum absolute atomic E-state index is 12.2. The van der Waals surface area contributed by atoms with Crippen LogP contribution in [0.15, 0.2) is 4.99 Å². The zero-order chi connectivity index (χ0) is 16.9. The first-order valence-electron chi connectivity index (χ1n) is 7.53. The molecular formula is C13H22F3IN6S. The van der Waals surface area contributed by atoms with Gasteiger partial charge in [-0.2, -0.15) is 17.5 Å². The second-order valence-corrected chi connectivity index (χ2v) is 5.89. The normalized spacial score (nSPS) is 16.1. The van der Waals surface area contributed by atoms with Gasteiger partial charge in [-0.25, -0.2) is 4.98 Å². The number of aromatic nitrogens is 2. The number of halogens is 4. The Kier molecular flexibility index (Phi) is 8.46. The van der Waals surface area contributed by atoms with E-state index in [1.54, 1.807) is 7.05 Å². The van der Waals surface area contributed by atoms with Gasteiger partial charge in [0.05, 0.1) is 6.42 Å². The largest absolute Gasteiger partial charge is 0.390 e. The van der Waals surface area contributed by atoms with E-state index in [-0.39, 0.29) is 30.5 Å². The predicted molar refractivity (Wildman–Crippen MR) is 101 cm³/mol. The molecule has 0 unspecified atom stereocenters. The van der Waals surface area contributed by atoms with Gasteiger partial charge in [0.2, 0.25) is 5.13 Å². The Balaban J connectivity index is 0.00000288. The summed E-state index contributed by atoms with van der Waals surface area (Å²) in [7, 11) is 1.58. The van der Waals surface area contributed by atoms with Gasteiger partial charge in [0, 0.05) is 57.7 Å². The Labute approximate surface area is 160 Å². The number of hydrogen-bond donors (Lipinski definition) is 1. The average Bonchev–Trinajstić information content (AvgIpc) is 3.00. The molecule has 1 fully saturated rings. The Morgan fingerprint density at radius 3 is 2.46 bits per heavy atom. The highest BCUT2D eigenvalue weighted by Crippen LogP contribution is 2.20. The molecule has 1 saturated heterocycles. The fourth-order valence-corrected chi connectivity index (χ4v) is 3.08. The van der Waals surface area contributed by atoms with Crippen molar-refractivity contribution in [3.8, 4) is 0 Å². The maximum atomic E-state index is 12.2. The number of rotatable bonds is 4. The minimum absolute atomic E-state index is 0. The monoisotopic (exact) mass is 478 g/mol. The molecule has 0 aliphatic carbocycles. The van der Waals surface area contributed by atoms with Crippen molar-refractivity contribution < 1.29 is 13.2 Å². The van der Waals surface area contributed by atoms with Crippen LogP contribution in [0, 0.1) is 0 Å². The van der Waals surface area contributed by atoms with Gasteiger partial charge in [-0.3, -0.25) is 4.99 Å². The van der Waals surface area contributed by atoms with Crippen molar-refractivity contribution in [2.24, 2.45) is 4.99 Å². The molecule has 11 heteroatoms. The van der Waals surface area contributed by atoms with E-state index in [0.717, 1.165) is 30.5 Å². The fourth-order valence-electron chi connectivity index (χ4n) is 2.27. The molecule has 24 heavy (non-hydrogen) atoms. The highest BCUT2D eigenvalue weighted by molar-refractivity contribution is 14.0. The summed E-state index contributed by atoms with van der Waals surface area (Å²) in [6.07, 6.45) is -4.21. The molecule has 6 nitrogen and oxygen atoms in total. The maximum Gasteiger partial charge on any atom is 0.390 e. The molecule has 2 heterocycles. The van der Waals surface area contributed by atoms with Gasteiger partial charge in [0.25, 0.3) is 0 Å². The highest BCUT2D eigenvalue weighted by atomic mass is 127. The first-order chi connectivity index (χ1) is 10.9. The first-order valence-corrected chi connectivity index (χ1v) is 8.30. The molecule has 0 bridgehead atoms. The van der Waals surface area contributed by atoms with Crippen LogP contribution < -0.4 is 10.2 Å². The third-order valence-corrected chi connectivity index (χ3v) is 4.34. The van der Waals surface area contributed by atoms with Crippen molar-refractivity contribution in [3.05, 3.63) is 5.82 Å². The summed E-state index contributed by atoms with van der Waals surface area (Å²) >= 11 is 1.39. The lowest BCUT2D eigenvalue weighted by molar-refractivity contribution is -0.132. The molecule has 138 valence electrons. The second-order valence-electron chi connectivity index (χ2n) is 5.16. The average molecular weight is 478 g/mol. The molecule has 1 aliphatic heterocycles. The third kappa shape index (κ3) is 6.22. The Morgan fingerprint density at radius 2 is 1.96 bits per heavy atom. The van der Waals surface area contributed by atoms with E-state index in [9.17, 15) is 13.2 Å². The third-order valence-electron chi connectivity index (χ3n) is 3.53. The van der Waals surface area contributed by atoms with Gasteiger partial charge < -0.3 is 15.1 Å². The Bertz CT molecular complexity index is 528. The Morgan fingerprint density at radius 1 is 1.29 bits per heavy atom. The summed E-state index contributed by atoms with van der Waals surface area (Å²) in [4.78, 5) is 12.6. The van der Waals surface area contributed by atoms with Crippen LogP contribution in [-0.2, 0) is 6.42 Å². The smallest absolute Gasteiger partial charge is 0.356 e. The van der Waals surface area contributed by atoms with Gasteiger partial charge in [0.15, 0.2) is 5.96 Å². The van der Waals surface area contributed by atoms with Crippen LogP contribution in [0.3, 0.4) is 0 Å². The molecular weight excluding hydrogens is 456 g/mol. The summed E-state index contributed by atoms with van der Waals surface area (Å²) in [6.45, 7) is 4.73. The quantitative estimate of drug-likeness (QED) is 0.409. The summed E-state index contributed by atoms with van der Waals surface area (Å²) in [5.74, 6) is 1.36. The number of hydrogen-bond acceptors (Lipinski definition) is 5. The molecule has 0 atom stereocenters. The zero-order valence-corrected chi connectivity index (χ0v) is 16.8. The van der Waals surface area contributed by atoms with E-state index in [1.165, 1.54) is 11.5 Å². The molecule has 0 saturated carbocycles. The topological polar surface area (TPSA) is 56.7 Å². The number of piperazine rings is 1. The van der Waals surface area contributed by atoms with Crippen LogP contribution in [0.5, 0.6) is 0 Å². The standard InChI is InChI=1S/C13H21F3N6S.HI/c1-3-10-19-12(23-20-10)22-8-6-21(7-9-22)11(17-2)18-5-4-13(14,15)16;/h3-9H2,1-2H3,(H,17,18);1H. The zero-order valence-electron chi connectivity index (χ0n) is 13.6. The van der Waals surface area contributed by atoms with Gasteiger partial charge in [-0.15, -0.1) is 24.0 Å². The van der Waals surface area contributed by atoms with Crippen molar-refractivity contribution >= 4 is 46.6 Å². The van der Waals surface area contributed by atoms with Crippen LogP contribution in [0.25, 0.3) is 0 Å². The molecule has 2 rings (SSSR count). The second kappa shape index (κ2) is 9.59. The van der Waals surface area contributed by atoms with Crippen LogP contribution in [0.1, 0.15) is 19.2 Å². The summed E-state index contributed by atoms with van der Waals surface area (Å²) in [6, 6.07) is 0. The van der Waals surface area contributed by atoms with Gasteiger partial charge in [0.1, 0.15) is 5.82 Å². The fraction of sp³-hybridized carbons (Fsp3) is 0.769. The minimum Gasteiger partial charge on any atom is -0.356 e. The molecule has 1 aliphatic rings. The SMILES string of the molecule is CCc1nsc(N2CCN(C(=NC)NCCC(F)(F)F)CC2)n1.I. The lowest BCUT2D eigenvalue weighted by Gasteiger charge is -2.36. The van der Waals surface area contributed by atoms with Crippen molar-refractivity contribution in [2.45, 2.75) is 25.9 Å². The van der Waals surface area contributed by atoms with E-state index in [4.69, 9.17) is 0 Å². The van der Waals surface area contributed by atoms with Gasteiger partial charge in [-0.1, -0.05) is 6.92 Å². The van der Waals surface area contributed by atoms with E-state index >= 15 is 0 Å². The van der Waals surface area contributed by atoms with Gasteiger partial charge >= 0.3 is 6.18 Å². The molecule has 1 N–H and O–H groups in total. The summed E-state index contributed by atoms with van der Waals surface area (Å²) in [5, 5.41) is 3.68. The number of aliphatic imine (C=N–C) groups is 1. The van der Waals surface area contributed by atoms with Crippen molar-refractivity contribution in [1.82, 2.24) is 19.6 Å². The molecule has 0 amide bonds. The molecule has 1 aromatic heterocycles. The number of anilines is 1. The summed E-state index contributed by atoms with van der Waals surface area (Å²) in [5.41, 5.74) is 0. The first kappa shape index (κ1) is 21.2. The van der Waals surface area contributed by atoms with Crippen LogP contribution >= 0.6 is 35.5 Å². The molecule has 1 aromatic rings. The van der Waals surface area contributed by atoms with E-state index < -0.39 is 12.6 Å². The van der Waals surface area contributed by atoms with E-state index in [1.807, 2.05) is 11.8 Å². The number of nitrogens with one attached hydrogen (secondary N) is 1. The molecule has 0 aromatic carbocycles. The van der Waals surface area contributed by atoms with Crippen molar-refractivity contribution in [1.29, 1.82) is 0 Å². The van der Waals surface area contributed by atoms with Crippen LogP contribution in [0.2, 0.25) is 0 Å². The number of nitrogens with zero attached hydrogens (tertiary/aromatic N) is 5. The summed E-state index contributed by atoms with van der Waals surface area (Å²) < 4.78 is 40.9. The minimum atomic E-state index is -4.15. The molecule has 0 radical (unpaired) electrons. The van der Waals surface area contributed by atoms with Crippen molar-refractivity contribution in [2.75, 3.05) is 44.7 Å². The van der Waals surface area contributed by atoms with Gasteiger partial charge in [-0.05, 0) is 0 Å². The number of alkyl halides is 3. The van der Waals surface area contributed by atoms with Crippen LogP contribution in [-0.4, -0.2) is 66.2 Å².